The lowest BCUT2D eigenvalue weighted by molar-refractivity contribution is 0.490. The molecule has 0 heterocycles. The molecule has 0 saturated heterocycles. The predicted octanol–water partition coefficient (Wildman–Crippen LogP) is 5.59. The van der Waals surface area contributed by atoms with Crippen LogP contribution in [0.2, 0.25) is 0 Å². The Bertz CT molecular complexity index is 122. The molecule has 0 bridgehead atoms. The summed E-state index contributed by atoms with van der Waals surface area (Å²) in [6, 6.07) is 0. The van der Waals surface area contributed by atoms with Gasteiger partial charge in [-0.25, -0.2) is 0 Å². The third kappa shape index (κ3) is 8.34. The van der Waals surface area contributed by atoms with Crippen LogP contribution in [0, 0.1) is 5.92 Å². The summed E-state index contributed by atoms with van der Waals surface area (Å²) in [5, 5.41) is 0. The van der Waals surface area contributed by atoms with Crippen molar-refractivity contribution in [2.45, 2.75) is 73.6 Å². The highest BCUT2D eigenvalue weighted by atomic mass is 14.2. The van der Waals surface area contributed by atoms with Crippen LogP contribution in [0.4, 0.5) is 0 Å². The molecule has 1 aliphatic rings. The van der Waals surface area contributed by atoms with Gasteiger partial charge in [0.15, 0.2) is 0 Å². The first-order chi connectivity index (χ1) is 6.83. The van der Waals surface area contributed by atoms with E-state index in [1.165, 1.54) is 32.1 Å². The minimum atomic E-state index is 1.000. The smallest absolute Gasteiger partial charge is 0.0292 e. The van der Waals surface area contributed by atoms with Gasteiger partial charge in [0, 0.05) is 0 Å². The molecule has 0 saturated carbocycles. The molecule has 0 aliphatic heterocycles. The summed E-state index contributed by atoms with van der Waals surface area (Å²) >= 11 is 0. The molecule has 0 radical (unpaired) electrons. The van der Waals surface area contributed by atoms with Gasteiger partial charge in [-0.1, -0.05) is 59.1 Å². The molecule has 0 aromatic carbocycles. The van der Waals surface area contributed by atoms with Crippen LogP contribution in [-0.4, -0.2) is 0 Å². The van der Waals surface area contributed by atoms with E-state index in [0.717, 1.165) is 5.92 Å². The van der Waals surface area contributed by atoms with Gasteiger partial charge >= 0.3 is 0 Å². The first-order valence-electron chi connectivity index (χ1n) is 6.48. The van der Waals surface area contributed by atoms with Gasteiger partial charge in [0.25, 0.3) is 0 Å². The Morgan fingerprint density at radius 2 is 1.79 bits per heavy atom. The largest absolute Gasteiger partial charge is 0.0853 e. The van der Waals surface area contributed by atoms with E-state index in [2.05, 4.69) is 19.9 Å². The molecular formula is C14H30. The Labute approximate surface area is 91.8 Å². The molecule has 0 spiro atoms. The lowest BCUT2D eigenvalue weighted by atomic mass is 9.99. The number of unbranched alkanes of at least 4 members (excludes halogenated alkanes) is 1. The van der Waals surface area contributed by atoms with Crippen molar-refractivity contribution in [3.8, 4) is 0 Å². The van der Waals surface area contributed by atoms with Gasteiger partial charge in [-0.2, -0.15) is 0 Å². The van der Waals surface area contributed by atoms with Gasteiger partial charge in [0.05, 0.1) is 0 Å². The zero-order chi connectivity index (χ0) is 11.4. The maximum atomic E-state index is 2.40. The van der Waals surface area contributed by atoms with Crippen LogP contribution in [0.1, 0.15) is 73.6 Å². The monoisotopic (exact) mass is 198 g/mol. The van der Waals surface area contributed by atoms with Crippen LogP contribution in [0.3, 0.4) is 0 Å². The van der Waals surface area contributed by atoms with E-state index in [1.54, 1.807) is 5.57 Å². The fraction of sp³-hybridized carbons (Fsp3) is 0.857. The van der Waals surface area contributed by atoms with Crippen molar-refractivity contribution in [3.05, 3.63) is 11.6 Å². The standard InChI is InChI=1S/C10H18.2C2H6/c1-3-4-5-10-7-6-9(2)8-10;2*1-2/h6,10H,3-5,7-8H2,1-2H3;2*1-2H3. The second-order valence-corrected chi connectivity index (χ2v) is 3.50. The maximum Gasteiger partial charge on any atom is -0.0292 e. The first-order valence-corrected chi connectivity index (χ1v) is 6.48. The number of hydrogen-bond donors (Lipinski definition) is 0. The lowest BCUT2D eigenvalue weighted by Crippen LogP contribution is -1.93. The van der Waals surface area contributed by atoms with Gasteiger partial charge < -0.3 is 0 Å². The molecule has 1 atom stereocenters. The fourth-order valence-electron chi connectivity index (χ4n) is 1.70. The minimum absolute atomic E-state index is 1.000. The van der Waals surface area contributed by atoms with Crippen molar-refractivity contribution in [3.63, 3.8) is 0 Å². The molecule has 0 amide bonds. The lowest BCUT2D eigenvalue weighted by Gasteiger charge is -2.06. The van der Waals surface area contributed by atoms with Gasteiger partial charge in [0.1, 0.15) is 0 Å². The molecule has 0 heteroatoms. The Balaban J connectivity index is 0. The van der Waals surface area contributed by atoms with Crippen molar-refractivity contribution >= 4 is 0 Å². The summed E-state index contributed by atoms with van der Waals surface area (Å²) in [6.07, 6.45) is 9.36. The molecule has 14 heavy (non-hydrogen) atoms. The Hall–Kier alpha value is -0.260. The van der Waals surface area contributed by atoms with Crippen LogP contribution in [0.15, 0.2) is 11.6 Å². The van der Waals surface area contributed by atoms with E-state index in [-0.39, 0.29) is 0 Å². The molecule has 86 valence electrons. The third-order valence-electron chi connectivity index (χ3n) is 2.38. The molecule has 0 aromatic rings. The van der Waals surface area contributed by atoms with Crippen molar-refractivity contribution in [1.29, 1.82) is 0 Å². The summed E-state index contributed by atoms with van der Waals surface area (Å²) in [7, 11) is 0. The minimum Gasteiger partial charge on any atom is -0.0853 e. The van der Waals surface area contributed by atoms with E-state index in [9.17, 15) is 0 Å². The highest BCUT2D eigenvalue weighted by Crippen LogP contribution is 2.28. The van der Waals surface area contributed by atoms with Crippen LogP contribution in [-0.2, 0) is 0 Å². The fourth-order valence-corrected chi connectivity index (χ4v) is 1.70. The molecule has 0 aromatic heterocycles. The number of hydrogen-bond acceptors (Lipinski definition) is 0. The van der Waals surface area contributed by atoms with Crippen molar-refractivity contribution in [1.82, 2.24) is 0 Å². The van der Waals surface area contributed by atoms with E-state index in [0.29, 0.717) is 0 Å². The number of rotatable bonds is 3. The molecule has 1 unspecified atom stereocenters. The molecule has 0 nitrogen and oxygen atoms in total. The maximum absolute atomic E-state index is 2.40. The Kier molecular flexibility index (Phi) is 14.7. The SMILES string of the molecule is CC.CC.CCCCC1CC=C(C)C1. The van der Waals surface area contributed by atoms with E-state index < -0.39 is 0 Å². The molecule has 0 fully saturated rings. The summed E-state index contributed by atoms with van der Waals surface area (Å²) in [4.78, 5) is 0. The molecule has 0 N–H and O–H groups in total. The average Bonchev–Trinajstić information content (AvgIpc) is 2.67. The highest BCUT2D eigenvalue weighted by molar-refractivity contribution is 5.06. The van der Waals surface area contributed by atoms with Gasteiger partial charge in [-0.3, -0.25) is 0 Å². The zero-order valence-corrected chi connectivity index (χ0v) is 11.2. The second-order valence-electron chi connectivity index (χ2n) is 3.50. The topological polar surface area (TPSA) is 0 Å². The van der Waals surface area contributed by atoms with Crippen LogP contribution >= 0.6 is 0 Å². The van der Waals surface area contributed by atoms with Crippen LogP contribution in [0.25, 0.3) is 0 Å². The van der Waals surface area contributed by atoms with Crippen molar-refractivity contribution in [2.75, 3.05) is 0 Å². The van der Waals surface area contributed by atoms with Crippen molar-refractivity contribution in [2.24, 2.45) is 5.92 Å². The summed E-state index contributed by atoms with van der Waals surface area (Å²) in [6.45, 7) is 12.5. The van der Waals surface area contributed by atoms with Gasteiger partial charge in [-0.15, -0.1) is 0 Å². The van der Waals surface area contributed by atoms with E-state index >= 15 is 0 Å². The molecule has 1 aliphatic carbocycles. The zero-order valence-electron chi connectivity index (χ0n) is 11.2. The van der Waals surface area contributed by atoms with Crippen LogP contribution in [0.5, 0.6) is 0 Å². The Morgan fingerprint density at radius 1 is 1.21 bits per heavy atom. The van der Waals surface area contributed by atoms with Gasteiger partial charge in [0.2, 0.25) is 0 Å². The first kappa shape index (κ1) is 16.2. The summed E-state index contributed by atoms with van der Waals surface area (Å²) in [5.74, 6) is 1.000. The predicted molar refractivity (Wildman–Crippen MR) is 68.7 cm³/mol. The Morgan fingerprint density at radius 3 is 2.14 bits per heavy atom. The number of allylic oxidation sites excluding steroid dienone is 2. The van der Waals surface area contributed by atoms with Crippen molar-refractivity contribution < 1.29 is 0 Å². The third-order valence-corrected chi connectivity index (χ3v) is 2.38. The molecular weight excluding hydrogens is 168 g/mol. The quantitative estimate of drug-likeness (QED) is 0.519. The second kappa shape index (κ2) is 12.7. The average molecular weight is 198 g/mol. The van der Waals surface area contributed by atoms with Crippen LogP contribution < -0.4 is 0 Å². The summed E-state index contributed by atoms with van der Waals surface area (Å²) in [5.41, 5.74) is 1.61. The normalized spacial score (nSPS) is 18.7. The molecule has 1 rings (SSSR count). The van der Waals surface area contributed by atoms with E-state index in [1.807, 2.05) is 27.7 Å². The highest BCUT2D eigenvalue weighted by Gasteiger charge is 2.12. The summed E-state index contributed by atoms with van der Waals surface area (Å²) < 4.78 is 0. The van der Waals surface area contributed by atoms with Gasteiger partial charge in [-0.05, 0) is 32.1 Å². The van der Waals surface area contributed by atoms with E-state index in [4.69, 9.17) is 0 Å².